The minimum absolute atomic E-state index is 0. The van der Waals surface area contributed by atoms with Gasteiger partial charge in [0.05, 0.1) is 5.56 Å². The molecule has 0 aliphatic heterocycles. The van der Waals surface area contributed by atoms with E-state index in [0.717, 1.165) is 12.1 Å². The molecular formula is C16H21ClF3N3O2. The number of alkyl halides is 3. The van der Waals surface area contributed by atoms with Gasteiger partial charge >= 0.3 is 6.18 Å². The van der Waals surface area contributed by atoms with Gasteiger partial charge in [0.2, 0.25) is 11.8 Å². The fourth-order valence-electron chi connectivity index (χ4n) is 2.89. The predicted molar refractivity (Wildman–Crippen MR) is 88.7 cm³/mol. The van der Waals surface area contributed by atoms with Crippen LogP contribution in [0.4, 0.5) is 13.2 Å². The number of carbonyl (C=O) groups excluding carboxylic acids is 2. The standard InChI is InChI=1S/C16H20F3N3O2.ClH/c1-15(14(21)24,22-13(23)9-5-6-12(20)7-9)10-3-2-4-11(8-10)16(17,18)19;/h2-4,8-9,12H,5-7,20H2,1H3,(H2,21,24)(H,22,23);1H. The number of nitrogens with two attached hydrogens (primary N) is 2. The van der Waals surface area contributed by atoms with E-state index in [9.17, 15) is 22.8 Å². The van der Waals surface area contributed by atoms with Crippen LogP contribution in [0, 0.1) is 5.92 Å². The maximum atomic E-state index is 12.9. The third-order valence-corrected chi connectivity index (χ3v) is 4.48. The minimum Gasteiger partial charge on any atom is -0.367 e. The summed E-state index contributed by atoms with van der Waals surface area (Å²) in [5.41, 5.74) is 8.49. The first-order valence-corrected chi connectivity index (χ1v) is 7.59. The van der Waals surface area contributed by atoms with Crippen molar-refractivity contribution in [2.24, 2.45) is 17.4 Å². The van der Waals surface area contributed by atoms with Crippen molar-refractivity contribution < 1.29 is 22.8 Å². The molecule has 0 radical (unpaired) electrons. The number of hydrogen-bond donors (Lipinski definition) is 3. The van der Waals surface area contributed by atoms with E-state index in [4.69, 9.17) is 11.5 Å². The highest BCUT2D eigenvalue weighted by Crippen LogP contribution is 2.33. The largest absolute Gasteiger partial charge is 0.416 e. The van der Waals surface area contributed by atoms with Crippen LogP contribution >= 0.6 is 12.4 Å². The molecule has 5 nitrogen and oxygen atoms in total. The van der Waals surface area contributed by atoms with E-state index < -0.39 is 29.1 Å². The molecule has 9 heteroatoms. The molecule has 140 valence electrons. The first-order valence-electron chi connectivity index (χ1n) is 7.59. The molecule has 0 saturated heterocycles. The van der Waals surface area contributed by atoms with E-state index in [-0.39, 0.29) is 29.9 Å². The summed E-state index contributed by atoms with van der Waals surface area (Å²) in [5.74, 6) is -1.73. The van der Waals surface area contributed by atoms with Gasteiger partial charge in [-0.2, -0.15) is 13.2 Å². The number of carbonyl (C=O) groups is 2. The van der Waals surface area contributed by atoms with Gasteiger partial charge in [0, 0.05) is 12.0 Å². The molecule has 1 aromatic carbocycles. The third-order valence-electron chi connectivity index (χ3n) is 4.48. The maximum absolute atomic E-state index is 12.9. The molecule has 3 atom stereocenters. The average molecular weight is 380 g/mol. The zero-order chi connectivity index (χ0) is 18.1. The molecular weight excluding hydrogens is 359 g/mol. The van der Waals surface area contributed by atoms with Crippen molar-refractivity contribution in [1.82, 2.24) is 5.32 Å². The third kappa shape index (κ3) is 4.64. The number of nitrogens with one attached hydrogen (secondary N) is 1. The molecule has 5 N–H and O–H groups in total. The van der Waals surface area contributed by atoms with Crippen molar-refractivity contribution in [1.29, 1.82) is 0 Å². The van der Waals surface area contributed by atoms with Crippen LogP contribution in [-0.2, 0) is 21.3 Å². The van der Waals surface area contributed by atoms with E-state index in [1.54, 1.807) is 0 Å². The van der Waals surface area contributed by atoms with Crippen LogP contribution in [-0.4, -0.2) is 17.9 Å². The summed E-state index contributed by atoms with van der Waals surface area (Å²) in [5, 5.41) is 2.51. The lowest BCUT2D eigenvalue weighted by Crippen LogP contribution is -2.54. The van der Waals surface area contributed by atoms with Gasteiger partial charge in [-0.25, -0.2) is 0 Å². The Labute approximate surface area is 149 Å². The Kier molecular flexibility index (Phi) is 6.47. The summed E-state index contributed by atoms with van der Waals surface area (Å²) in [7, 11) is 0. The predicted octanol–water partition coefficient (Wildman–Crippen LogP) is 2.07. The molecule has 1 fully saturated rings. The zero-order valence-corrected chi connectivity index (χ0v) is 14.4. The molecule has 1 aliphatic rings. The lowest BCUT2D eigenvalue weighted by molar-refractivity contribution is -0.138. The van der Waals surface area contributed by atoms with E-state index in [0.29, 0.717) is 19.3 Å². The fourth-order valence-corrected chi connectivity index (χ4v) is 2.89. The van der Waals surface area contributed by atoms with Gasteiger partial charge in [-0.15, -0.1) is 12.4 Å². The summed E-state index contributed by atoms with van der Waals surface area (Å²) in [6.07, 6.45) is -2.82. The van der Waals surface area contributed by atoms with Crippen molar-refractivity contribution in [2.75, 3.05) is 0 Å². The van der Waals surface area contributed by atoms with Gasteiger partial charge in [-0.05, 0) is 43.9 Å². The normalized spacial score (nSPS) is 22.6. The molecule has 2 rings (SSSR count). The Morgan fingerprint density at radius 3 is 2.28 bits per heavy atom. The quantitative estimate of drug-likeness (QED) is 0.746. The van der Waals surface area contributed by atoms with Gasteiger partial charge in [0.15, 0.2) is 0 Å². The van der Waals surface area contributed by atoms with E-state index >= 15 is 0 Å². The molecule has 0 spiro atoms. The van der Waals surface area contributed by atoms with Crippen LogP contribution < -0.4 is 16.8 Å². The lowest BCUT2D eigenvalue weighted by Gasteiger charge is -2.30. The van der Waals surface area contributed by atoms with Gasteiger partial charge in [-0.1, -0.05) is 12.1 Å². The number of benzene rings is 1. The monoisotopic (exact) mass is 379 g/mol. The van der Waals surface area contributed by atoms with Crippen molar-refractivity contribution >= 4 is 24.2 Å². The topological polar surface area (TPSA) is 98.2 Å². The van der Waals surface area contributed by atoms with Gasteiger partial charge in [0.1, 0.15) is 5.54 Å². The van der Waals surface area contributed by atoms with E-state index in [2.05, 4.69) is 5.32 Å². The first-order chi connectivity index (χ1) is 11.0. The fraction of sp³-hybridized carbons (Fsp3) is 0.500. The summed E-state index contributed by atoms with van der Waals surface area (Å²) in [6.45, 7) is 1.30. The summed E-state index contributed by atoms with van der Waals surface area (Å²) >= 11 is 0. The van der Waals surface area contributed by atoms with Crippen molar-refractivity contribution in [3.63, 3.8) is 0 Å². The number of rotatable bonds is 4. The van der Waals surface area contributed by atoms with E-state index in [1.807, 2.05) is 0 Å². The van der Waals surface area contributed by atoms with Crippen LogP contribution in [0.15, 0.2) is 24.3 Å². The SMILES string of the molecule is CC(NC(=O)C1CCC(N)C1)(C(N)=O)c1cccc(C(F)(F)F)c1.Cl. The minimum atomic E-state index is -4.56. The van der Waals surface area contributed by atoms with Gasteiger partial charge in [0.25, 0.3) is 0 Å². The summed E-state index contributed by atoms with van der Waals surface area (Å²) in [4.78, 5) is 24.3. The summed E-state index contributed by atoms with van der Waals surface area (Å²) in [6, 6.07) is 4.14. The Morgan fingerprint density at radius 1 is 1.20 bits per heavy atom. The van der Waals surface area contributed by atoms with Gasteiger partial charge in [-0.3, -0.25) is 9.59 Å². The van der Waals surface area contributed by atoms with Crippen LogP contribution in [0.2, 0.25) is 0 Å². The number of hydrogen-bond acceptors (Lipinski definition) is 3. The Bertz CT molecular complexity index is 654. The lowest BCUT2D eigenvalue weighted by atomic mass is 9.89. The molecule has 0 bridgehead atoms. The first kappa shape index (κ1) is 21.2. The number of halogens is 4. The highest BCUT2D eigenvalue weighted by atomic mass is 35.5. The van der Waals surface area contributed by atoms with Crippen LogP contribution in [0.5, 0.6) is 0 Å². The maximum Gasteiger partial charge on any atom is 0.416 e. The average Bonchev–Trinajstić information content (AvgIpc) is 2.93. The number of primary amides is 1. The highest BCUT2D eigenvalue weighted by molar-refractivity contribution is 5.92. The summed E-state index contributed by atoms with van der Waals surface area (Å²) < 4.78 is 38.7. The molecule has 2 amide bonds. The molecule has 1 aromatic rings. The van der Waals surface area contributed by atoms with Crippen LogP contribution in [0.3, 0.4) is 0 Å². The smallest absolute Gasteiger partial charge is 0.367 e. The Morgan fingerprint density at radius 2 is 1.80 bits per heavy atom. The zero-order valence-electron chi connectivity index (χ0n) is 13.6. The van der Waals surface area contributed by atoms with E-state index in [1.165, 1.54) is 19.1 Å². The van der Waals surface area contributed by atoms with Crippen molar-refractivity contribution in [3.05, 3.63) is 35.4 Å². The molecule has 25 heavy (non-hydrogen) atoms. The van der Waals surface area contributed by atoms with Crippen LogP contribution in [0.25, 0.3) is 0 Å². The molecule has 0 heterocycles. The Balaban J connectivity index is 0.00000312. The molecule has 1 saturated carbocycles. The second-order valence-electron chi connectivity index (χ2n) is 6.33. The Hall–Kier alpha value is -1.80. The van der Waals surface area contributed by atoms with Crippen LogP contribution in [0.1, 0.15) is 37.3 Å². The molecule has 3 unspecified atom stereocenters. The molecule has 0 aromatic heterocycles. The van der Waals surface area contributed by atoms with Crippen molar-refractivity contribution in [2.45, 2.75) is 43.9 Å². The number of amides is 2. The highest BCUT2D eigenvalue weighted by Gasteiger charge is 2.40. The molecule has 1 aliphatic carbocycles. The van der Waals surface area contributed by atoms with Crippen molar-refractivity contribution in [3.8, 4) is 0 Å². The van der Waals surface area contributed by atoms with Gasteiger partial charge < -0.3 is 16.8 Å². The second kappa shape index (κ2) is 7.61. The second-order valence-corrected chi connectivity index (χ2v) is 6.33.